The lowest BCUT2D eigenvalue weighted by Crippen LogP contribution is -2.45. The maximum atomic E-state index is 12.2. The zero-order valence-corrected chi connectivity index (χ0v) is 15.7. The van der Waals surface area contributed by atoms with Crippen LogP contribution in [0.2, 0.25) is 0 Å². The highest BCUT2D eigenvalue weighted by atomic mass is 16.6. The van der Waals surface area contributed by atoms with Crippen molar-refractivity contribution < 1.29 is 28.5 Å². The highest BCUT2D eigenvalue weighted by Crippen LogP contribution is 2.28. The second-order valence-electron chi connectivity index (χ2n) is 6.34. The third kappa shape index (κ3) is 6.91. The molecular weight excluding hydrogens is 326 g/mol. The van der Waals surface area contributed by atoms with E-state index in [4.69, 9.17) is 18.9 Å². The Hall–Kier alpha value is -2.44. The number of rotatable bonds is 7. The van der Waals surface area contributed by atoms with Crippen molar-refractivity contribution >= 4 is 12.1 Å². The van der Waals surface area contributed by atoms with Gasteiger partial charge in [-0.25, -0.2) is 9.59 Å². The van der Waals surface area contributed by atoms with E-state index in [0.29, 0.717) is 11.5 Å². The molecule has 25 heavy (non-hydrogen) atoms. The molecular formula is C18H27NO6. The fourth-order valence-corrected chi connectivity index (χ4v) is 2.13. The third-order valence-electron chi connectivity index (χ3n) is 3.15. The van der Waals surface area contributed by atoms with E-state index >= 15 is 0 Å². The van der Waals surface area contributed by atoms with Crippen molar-refractivity contribution in [1.82, 2.24) is 5.32 Å². The fraction of sp³-hybridized carbons (Fsp3) is 0.556. The molecule has 1 rings (SSSR count). The van der Waals surface area contributed by atoms with Crippen LogP contribution in [0.3, 0.4) is 0 Å². The molecule has 0 bridgehead atoms. The number of hydrogen-bond donors (Lipinski definition) is 1. The van der Waals surface area contributed by atoms with Crippen molar-refractivity contribution in [3.8, 4) is 11.5 Å². The molecule has 7 nitrogen and oxygen atoms in total. The van der Waals surface area contributed by atoms with Crippen LogP contribution in [0.4, 0.5) is 4.79 Å². The van der Waals surface area contributed by atoms with E-state index in [9.17, 15) is 9.59 Å². The number of carbonyl (C=O) groups is 2. The summed E-state index contributed by atoms with van der Waals surface area (Å²) in [6.07, 6.45) is -0.440. The normalized spacial score (nSPS) is 12.1. The van der Waals surface area contributed by atoms with Gasteiger partial charge in [-0.2, -0.15) is 0 Å². The molecule has 0 aliphatic heterocycles. The number of ether oxygens (including phenoxy) is 4. The molecule has 0 saturated carbocycles. The lowest BCUT2D eigenvalue weighted by molar-refractivity contribution is -0.145. The first-order valence-corrected chi connectivity index (χ1v) is 8.07. The minimum absolute atomic E-state index is 0.220. The summed E-state index contributed by atoms with van der Waals surface area (Å²) < 4.78 is 20.7. The van der Waals surface area contributed by atoms with Gasteiger partial charge in [0.15, 0.2) is 11.5 Å². The van der Waals surface area contributed by atoms with Crippen molar-refractivity contribution in [2.24, 2.45) is 0 Å². The van der Waals surface area contributed by atoms with Crippen molar-refractivity contribution in [1.29, 1.82) is 0 Å². The van der Waals surface area contributed by atoms with Crippen LogP contribution in [0.15, 0.2) is 18.2 Å². The molecule has 0 heterocycles. The van der Waals surface area contributed by atoms with Gasteiger partial charge in [-0.15, -0.1) is 0 Å². The molecule has 1 N–H and O–H groups in total. The molecule has 0 spiro atoms. The zero-order valence-electron chi connectivity index (χ0n) is 15.7. The molecule has 0 saturated heterocycles. The van der Waals surface area contributed by atoms with Crippen LogP contribution in [0.5, 0.6) is 11.5 Å². The minimum atomic E-state index is -0.868. The van der Waals surface area contributed by atoms with Gasteiger partial charge in [-0.1, -0.05) is 6.07 Å². The molecule has 1 aromatic carbocycles. The Morgan fingerprint density at radius 2 is 1.76 bits per heavy atom. The SMILES string of the molecule is CCOC(=O)[C@H](Cc1ccc(OC)c(OC)c1)NC(=O)OC(C)(C)C. The van der Waals surface area contributed by atoms with E-state index in [1.807, 2.05) is 0 Å². The maximum Gasteiger partial charge on any atom is 0.408 e. The Balaban J connectivity index is 2.93. The predicted molar refractivity (Wildman–Crippen MR) is 93.0 cm³/mol. The fourth-order valence-electron chi connectivity index (χ4n) is 2.13. The first kappa shape index (κ1) is 20.6. The minimum Gasteiger partial charge on any atom is -0.493 e. The van der Waals surface area contributed by atoms with Crippen molar-refractivity contribution in [3.05, 3.63) is 23.8 Å². The second-order valence-corrected chi connectivity index (χ2v) is 6.34. The lowest BCUT2D eigenvalue weighted by atomic mass is 10.1. The summed E-state index contributed by atoms with van der Waals surface area (Å²) in [6.45, 7) is 7.18. The second kappa shape index (κ2) is 9.15. The van der Waals surface area contributed by atoms with E-state index in [1.54, 1.807) is 53.0 Å². The van der Waals surface area contributed by atoms with Gasteiger partial charge in [-0.05, 0) is 45.4 Å². The molecule has 1 atom stereocenters. The van der Waals surface area contributed by atoms with Gasteiger partial charge in [-0.3, -0.25) is 0 Å². The van der Waals surface area contributed by atoms with Gasteiger partial charge in [0.05, 0.1) is 20.8 Å². The van der Waals surface area contributed by atoms with E-state index in [-0.39, 0.29) is 13.0 Å². The molecule has 0 fully saturated rings. The molecule has 0 radical (unpaired) electrons. The summed E-state index contributed by atoms with van der Waals surface area (Å²) in [5.74, 6) is 0.599. The number of esters is 1. The molecule has 140 valence electrons. The van der Waals surface area contributed by atoms with Gasteiger partial charge < -0.3 is 24.3 Å². The maximum absolute atomic E-state index is 12.2. The summed E-state index contributed by atoms with van der Waals surface area (Å²) >= 11 is 0. The van der Waals surface area contributed by atoms with E-state index in [1.165, 1.54) is 7.11 Å². The number of hydrogen-bond acceptors (Lipinski definition) is 6. The number of alkyl carbamates (subject to hydrolysis) is 1. The average Bonchev–Trinajstić information content (AvgIpc) is 2.52. The average molecular weight is 353 g/mol. The van der Waals surface area contributed by atoms with Crippen LogP contribution < -0.4 is 14.8 Å². The topological polar surface area (TPSA) is 83.1 Å². The molecule has 1 aromatic rings. The number of carbonyl (C=O) groups excluding carboxylic acids is 2. The quantitative estimate of drug-likeness (QED) is 0.759. The van der Waals surface area contributed by atoms with E-state index in [2.05, 4.69) is 5.32 Å². The Morgan fingerprint density at radius 1 is 1.12 bits per heavy atom. The summed E-state index contributed by atoms with van der Waals surface area (Å²) in [7, 11) is 3.08. The first-order chi connectivity index (χ1) is 11.7. The van der Waals surface area contributed by atoms with E-state index in [0.717, 1.165) is 5.56 Å². The molecule has 0 aliphatic carbocycles. The van der Waals surface area contributed by atoms with Crippen LogP contribution in [0.25, 0.3) is 0 Å². The van der Waals surface area contributed by atoms with Crippen molar-refractivity contribution in [2.45, 2.75) is 45.8 Å². The molecule has 1 amide bonds. The lowest BCUT2D eigenvalue weighted by Gasteiger charge is -2.23. The first-order valence-electron chi connectivity index (χ1n) is 8.07. The van der Waals surface area contributed by atoms with Crippen LogP contribution >= 0.6 is 0 Å². The van der Waals surface area contributed by atoms with Crippen molar-refractivity contribution in [2.75, 3.05) is 20.8 Å². The Morgan fingerprint density at radius 3 is 2.28 bits per heavy atom. The standard InChI is InChI=1S/C18H27NO6/c1-7-24-16(20)13(19-17(21)25-18(2,3)4)10-12-8-9-14(22-5)15(11-12)23-6/h8-9,11,13H,7,10H2,1-6H3,(H,19,21)/t13-/m0/s1. The number of methoxy groups -OCH3 is 2. The van der Waals surface area contributed by atoms with Gasteiger partial charge in [0.2, 0.25) is 0 Å². The summed E-state index contributed by atoms with van der Waals surface area (Å²) in [6, 6.07) is 4.42. The summed E-state index contributed by atoms with van der Waals surface area (Å²) in [5.41, 5.74) is 0.124. The molecule has 7 heteroatoms. The van der Waals surface area contributed by atoms with Gasteiger partial charge >= 0.3 is 12.1 Å². The monoisotopic (exact) mass is 353 g/mol. The third-order valence-corrected chi connectivity index (χ3v) is 3.15. The van der Waals surface area contributed by atoms with Crippen LogP contribution in [-0.2, 0) is 20.7 Å². The van der Waals surface area contributed by atoms with Gasteiger partial charge in [0.1, 0.15) is 11.6 Å². The Labute approximate surface area is 148 Å². The van der Waals surface area contributed by atoms with E-state index < -0.39 is 23.7 Å². The largest absolute Gasteiger partial charge is 0.493 e. The number of amides is 1. The molecule has 0 aliphatic rings. The Kier molecular flexibility index (Phi) is 7.54. The highest BCUT2D eigenvalue weighted by molar-refractivity contribution is 5.81. The summed E-state index contributed by atoms with van der Waals surface area (Å²) in [5, 5.41) is 2.56. The number of benzene rings is 1. The van der Waals surface area contributed by atoms with Crippen molar-refractivity contribution in [3.63, 3.8) is 0 Å². The van der Waals surface area contributed by atoms with Gasteiger partial charge in [0, 0.05) is 6.42 Å². The smallest absolute Gasteiger partial charge is 0.408 e. The molecule has 0 unspecified atom stereocenters. The zero-order chi connectivity index (χ0) is 19.0. The predicted octanol–water partition coefficient (Wildman–Crippen LogP) is 2.70. The van der Waals surface area contributed by atoms with Gasteiger partial charge in [0.25, 0.3) is 0 Å². The Bertz CT molecular complexity index is 594. The highest BCUT2D eigenvalue weighted by Gasteiger charge is 2.26. The summed E-state index contributed by atoms with van der Waals surface area (Å²) in [4.78, 5) is 24.2. The number of nitrogens with one attached hydrogen (secondary N) is 1. The molecule has 0 aromatic heterocycles. The van der Waals surface area contributed by atoms with Crippen LogP contribution in [-0.4, -0.2) is 44.5 Å². The van der Waals surface area contributed by atoms with Crippen LogP contribution in [0.1, 0.15) is 33.3 Å². The van der Waals surface area contributed by atoms with Crippen LogP contribution in [0, 0.1) is 0 Å².